The van der Waals surface area contributed by atoms with Crippen LogP contribution in [0.15, 0.2) is 36.4 Å². The van der Waals surface area contributed by atoms with E-state index in [1.807, 2.05) is 6.07 Å². The first-order chi connectivity index (χ1) is 11.6. The number of rotatable bonds is 5. The van der Waals surface area contributed by atoms with E-state index in [9.17, 15) is 13.6 Å². The number of amides is 2. The second kappa shape index (κ2) is 7.16. The molecule has 2 N–H and O–H groups in total. The molecule has 0 spiro atoms. The molecular weight excluding hydrogens is 318 g/mol. The maximum absolute atomic E-state index is 13.5. The topological polar surface area (TPSA) is 59.6 Å². The van der Waals surface area contributed by atoms with Crippen LogP contribution >= 0.6 is 0 Å². The summed E-state index contributed by atoms with van der Waals surface area (Å²) >= 11 is 0. The van der Waals surface area contributed by atoms with Crippen LogP contribution in [0.5, 0.6) is 11.5 Å². The van der Waals surface area contributed by atoms with Gasteiger partial charge in [0.15, 0.2) is 11.5 Å². The van der Waals surface area contributed by atoms with Crippen LogP contribution in [-0.2, 0) is 13.0 Å². The fourth-order valence-electron chi connectivity index (χ4n) is 2.33. The third-order valence-electron chi connectivity index (χ3n) is 3.59. The van der Waals surface area contributed by atoms with Gasteiger partial charge in [0, 0.05) is 19.2 Å². The molecular formula is C17H16F2N2O3. The summed E-state index contributed by atoms with van der Waals surface area (Å²) in [5.41, 5.74) is 1.23. The van der Waals surface area contributed by atoms with Gasteiger partial charge in [-0.1, -0.05) is 12.1 Å². The molecule has 1 aliphatic rings. The van der Waals surface area contributed by atoms with Gasteiger partial charge in [-0.05, 0) is 35.7 Å². The minimum absolute atomic E-state index is 0.201. The van der Waals surface area contributed by atoms with E-state index in [2.05, 4.69) is 10.6 Å². The number of halogens is 2. The molecule has 7 heteroatoms. The van der Waals surface area contributed by atoms with Crippen LogP contribution in [0.4, 0.5) is 13.6 Å². The monoisotopic (exact) mass is 334 g/mol. The SMILES string of the molecule is O=C(NCCc1ccc(F)cc1F)NCc1ccc2c(c1)OCO2. The highest BCUT2D eigenvalue weighted by Crippen LogP contribution is 2.32. The molecule has 0 aromatic heterocycles. The van der Waals surface area contributed by atoms with Crippen LogP contribution in [0.2, 0.25) is 0 Å². The second-order valence-corrected chi connectivity index (χ2v) is 5.28. The number of urea groups is 1. The average molecular weight is 334 g/mol. The van der Waals surface area contributed by atoms with Gasteiger partial charge in [0.1, 0.15) is 11.6 Å². The van der Waals surface area contributed by atoms with E-state index in [0.29, 0.717) is 23.6 Å². The summed E-state index contributed by atoms with van der Waals surface area (Å²) in [6.45, 7) is 0.773. The summed E-state index contributed by atoms with van der Waals surface area (Å²) in [7, 11) is 0. The molecule has 5 nitrogen and oxygen atoms in total. The Balaban J connectivity index is 1.43. The Kier molecular flexibility index (Phi) is 4.79. The van der Waals surface area contributed by atoms with Crippen molar-refractivity contribution < 1.29 is 23.0 Å². The Hall–Kier alpha value is -2.83. The molecule has 0 saturated carbocycles. The van der Waals surface area contributed by atoms with Crippen LogP contribution in [0, 0.1) is 11.6 Å². The average Bonchev–Trinajstić information content (AvgIpc) is 3.02. The molecule has 2 amide bonds. The third-order valence-corrected chi connectivity index (χ3v) is 3.59. The first kappa shape index (κ1) is 16.0. The summed E-state index contributed by atoms with van der Waals surface area (Å²) < 4.78 is 36.8. The molecule has 0 bridgehead atoms. The number of carbonyl (C=O) groups excluding carboxylic acids is 1. The van der Waals surface area contributed by atoms with Crippen molar-refractivity contribution >= 4 is 6.03 Å². The zero-order valence-corrected chi connectivity index (χ0v) is 12.8. The predicted molar refractivity (Wildman–Crippen MR) is 82.9 cm³/mol. The Morgan fingerprint density at radius 1 is 1.04 bits per heavy atom. The first-order valence-electron chi connectivity index (χ1n) is 7.46. The maximum atomic E-state index is 13.5. The molecule has 0 fully saturated rings. The van der Waals surface area contributed by atoms with E-state index < -0.39 is 11.6 Å². The second-order valence-electron chi connectivity index (χ2n) is 5.28. The molecule has 2 aromatic rings. The van der Waals surface area contributed by atoms with Crippen molar-refractivity contribution in [2.45, 2.75) is 13.0 Å². The standard InChI is InChI=1S/C17H16F2N2O3/c18-13-3-2-12(14(19)8-13)5-6-20-17(22)21-9-11-1-4-15-16(7-11)24-10-23-15/h1-4,7-8H,5-6,9-10H2,(H2,20,21,22). The van der Waals surface area contributed by atoms with Gasteiger partial charge in [-0.2, -0.15) is 0 Å². The number of hydrogen-bond donors (Lipinski definition) is 2. The van der Waals surface area contributed by atoms with Crippen LogP contribution in [0.1, 0.15) is 11.1 Å². The largest absolute Gasteiger partial charge is 0.454 e. The Bertz CT molecular complexity index is 753. The quantitative estimate of drug-likeness (QED) is 0.884. The lowest BCUT2D eigenvalue weighted by Crippen LogP contribution is -2.36. The van der Waals surface area contributed by atoms with Gasteiger partial charge in [0.05, 0.1) is 0 Å². The van der Waals surface area contributed by atoms with Crippen molar-refractivity contribution in [2.75, 3.05) is 13.3 Å². The van der Waals surface area contributed by atoms with Crippen LogP contribution in [0.25, 0.3) is 0 Å². The lowest BCUT2D eigenvalue weighted by molar-refractivity contribution is 0.174. The molecule has 0 atom stereocenters. The van der Waals surface area contributed by atoms with E-state index in [0.717, 1.165) is 11.6 Å². The number of benzene rings is 2. The van der Waals surface area contributed by atoms with Gasteiger partial charge in [-0.3, -0.25) is 0 Å². The molecule has 1 heterocycles. The zero-order chi connectivity index (χ0) is 16.9. The molecule has 1 aliphatic heterocycles. The molecule has 24 heavy (non-hydrogen) atoms. The Morgan fingerprint density at radius 3 is 2.71 bits per heavy atom. The Morgan fingerprint density at radius 2 is 1.88 bits per heavy atom. The van der Waals surface area contributed by atoms with Crippen molar-refractivity contribution in [3.63, 3.8) is 0 Å². The van der Waals surface area contributed by atoms with Gasteiger partial charge >= 0.3 is 6.03 Å². The normalized spacial score (nSPS) is 12.1. The van der Waals surface area contributed by atoms with Crippen molar-refractivity contribution in [1.29, 1.82) is 0 Å². The maximum Gasteiger partial charge on any atom is 0.315 e. The zero-order valence-electron chi connectivity index (χ0n) is 12.8. The smallest absolute Gasteiger partial charge is 0.315 e. The summed E-state index contributed by atoms with van der Waals surface area (Å²) in [4.78, 5) is 11.7. The van der Waals surface area contributed by atoms with Crippen LogP contribution < -0.4 is 20.1 Å². The molecule has 3 rings (SSSR count). The van der Waals surface area contributed by atoms with Gasteiger partial charge in [-0.25, -0.2) is 13.6 Å². The molecule has 0 saturated heterocycles. The molecule has 2 aromatic carbocycles. The van der Waals surface area contributed by atoms with Crippen LogP contribution in [-0.4, -0.2) is 19.4 Å². The molecule has 0 radical (unpaired) electrons. The minimum atomic E-state index is -0.620. The molecule has 126 valence electrons. The number of hydrogen-bond acceptors (Lipinski definition) is 3. The van der Waals surface area contributed by atoms with E-state index in [-0.39, 0.29) is 25.8 Å². The van der Waals surface area contributed by atoms with Crippen LogP contribution in [0.3, 0.4) is 0 Å². The van der Waals surface area contributed by atoms with Gasteiger partial charge in [-0.15, -0.1) is 0 Å². The summed E-state index contributed by atoms with van der Waals surface area (Å²) in [6, 6.07) is 8.45. The lowest BCUT2D eigenvalue weighted by atomic mass is 10.1. The summed E-state index contributed by atoms with van der Waals surface area (Å²) in [5.74, 6) is 0.106. The van der Waals surface area contributed by atoms with E-state index in [1.165, 1.54) is 12.1 Å². The van der Waals surface area contributed by atoms with Crippen molar-refractivity contribution in [2.24, 2.45) is 0 Å². The fraction of sp³-hybridized carbons (Fsp3) is 0.235. The van der Waals surface area contributed by atoms with Crippen molar-refractivity contribution in [1.82, 2.24) is 10.6 Å². The lowest BCUT2D eigenvalue weighted by Gasteiger charge is -2.09. The van der Waals surface area contributed by atoms with Crippen molar-refractivity contribution in [3.05, 3.63) is 59.2 Å². The Labute approximate surface area is 137 Å². The predicted octanol–water partition coefficient (Wildman–Crippen LogP) is 2.74. The van der Waals surface area contributed by atoms with E-state index in [1.54, 1.807) is 12.1 Å². The summed E-state index contributed by atoms with van der Waals surface area (Å²) in [5, 5.41) is 5.33. The minimum Gasteiger partial charge on any atom is -0.454 e. The summed E-state index contributed by atoms with van der Waals surface area (Å²) in [6.07, 6.45) is 0.281. The number of ether oxygens (including phenoxy) is 2. The molecule has 0 unspecified atom stereocenters. The van der Waals surface area contributed by atoms with Crippen molar-refractivity contribution in [3.8, 4) is 11.5 Å². The number of nitrogens with one attached hydrogen (secondary N) is 2. The highest BCUT2D eigenvalue weighted by Gasteiger charge is 2.13. The fourth-order valence-corrected chi connectivity index (χ4v) is 2.33. The molecule has 0 aliphatic carbocycles. The van der Waals surface area contributed by atoms with E-state index >= 15 is 0 Å². The highest BCUT2D eigenvalue weighted by atomic mass is 19.1. The van der Waals surface area contributed by atoms with Gasteiger partial charge in [0.2, 0.25) is 6.79 Å². The number of fused-ring (bicyclic) bond motifs is 1. The van der Waals surface area contributed by atoms with Gasteiger partial charge in [0.25, 0.3) is 0 Å². The van der Waals surface area contributed by atoms with Gasteiger partial charge < -0.3 is 20.1 Å². The number of carbonyl (C=O) groups is 1. The third kappa shape index (κ3) is 3.92. The first-order valence-corrected chi connectivity index (χ1v) is 7.46. The van der Waals surface area contributed by atoms with E-state index in [4.69, 9.17) is 9.47 Å². The highest BCUT2D eigenvalue weighted by molar-refractivity contribution is 5.73.